The predicted octanol–water partition coefficient (Wildman–Crippen LogP) is 4.94. The molecule has 6 nitrogen and oxygen atoms in total. The summed E-state index contributed by atoms with van der Waals surface area (Å²) in [6.07, 6.45) is 0. The van der Waals surface area contributed by atoms with E-state index in [0.29, 0.717) is 30.2 Å². The Morgan fingerprint density at radius 1 is 1.00 bits per heavy atom. The fraction of sp³-hybridized carbons (Fsp3) is 0.296. The van der Waals surface area contributed by atoms with E-state index >= 15 is 0 Å². The Labute approximate surface area is 203 Å². The number of carbonyl (C=O) groups is 3. The molecule has 1 amide bonds. The summed E-state index contributed by atoms with van der Waals surface area (Å²) in [6, 6.07) is 18.0. The van der Waals surface area contributed by atoms with E-state index in [1.54, 1.807) is 38.4 Å². The summed E-state index contributed by atoms with van der Waals surface area (Å²) < 4.78 is 11.0. The number of thiophene rings is 1. The first-order valence-corrected chi connectivity index (χ1v) is 12.1. The molecule has 2 unspecified atom stereocenters. The molecular weight excluding hydrogens is 450 g/mol. The topological polar surface area (TPSA) is 72.9 Å². The molecule has 1 aliphatic heterocycles. The molecule has 2 heterocycles. The third-order valence-electron chi connectivity index (χ3n) is 5.92. The highest BCUT2D eigenvalue weighted by Gasteiger charge is 2.53. The number of hydrogen-bond acceptors (Lipinski definition) is 6. The molecule has 2 aromatic carbocycles. The monoisotopic (exact) mass is 477 g/mol. The SMILES string of the molecule is COCCOc1ccccc1C1C(C(=O)C(C)C)C(=O)C(=O)N1c1ccc(-c2cccs2)cc1. The fourth-order valence-electron chi connectivity index (χ4n) is 4.23. The van der Waals surface area contributed by atoms with Gasteiger partial charge in [-0.3, -0.25) is 19.3 Å². The number of Topliss-reactive ketones (excluding diaryl/α,β-unsaturated/α-hetero) is 2. The quantitative estimate of drug-likeness (QED) is 0.248. The van der Waals surface area contributed by atoms with E-state index in [-0.39, 0.29) is 5.78 Å². The number of carbonyl (C=O) groups excluding carboxylic acids is 3. The van der Waals surface area contributed by atoms with Gasteiger partial charge in [-0.2, -0.15) is 0 Å². The first-order valence-electron chi connectivity index (χ1n) is 11.2. The van der Waals surface area contributed by atoms with Crippen LogP contribution in [0, 0.1) is 11.8 Å². The number of methoxy groups -OCH3 is 1. The predicted molar refractivity (Wildman–Crippen MR) is 132 cm³/mol. The number of ether oxygens (including phenoxy) is 2. The average Bonchev–Trinajstić information content (AvgIpc) is 3.47. The molecule has 0 spiro atoms. The van der Waals surface area contributed by atoms with Crippen LogP contribution in [0.1, 0.15) is 25.5 Å². The zero-order chi connectivity index (χ0) is 24.2. The van der Waals surface area contributed by atoms with Crippen LogP contribution >= 0.6 is 11.3 Å². The van der Waals surface area contributed by atoms with Gasteiger partial charge in [-0.15, -0.1) is 11.3 Å². The van der Waals surface area contributed by atoms with E-state index in [9.17, 15) is 14.4 Å². The standard InChI is InChI=1S/C27H27NO5S/c1-17(2)25(29)23-24(20-7-4-5-8-21(20)33-15-14-32-3)28(27(31)26(23)30)19-12-10-18(11-13-19)22-9-6-16-34-22/h4-13,16-17,23-24H,14-15H2,1-3H3. The third kappa shape index (κ3) is 4.54. The van der Waals surface area contributed by atoms with Crippen molar-refractivity contribution in [1.29, 1.82) is 0 Å². The number of amides is 1. The Balaban J connectivity index is 1.79. The zero-order valence-electron chi connectivity index (χ0n) is 19.4. The molecule has 0 N–H and O–H groups in total. The van der Waals surface area contributed by atoms with Crippen LogP contribution < -0.4 is 9.64 Å². The molecule has 34 heavy (non-hydrogen) atoms. The van der Waals surface area contributed by atoms with Gasteiger partial charge < -0.3 is 9.47 Å². The van der Waals surface area contributed by atoms with E-state index in [0.717, 1.165) is 10.4 Å². The summed E-state index contributed by atoms with van der Waals surface area (Å²) in [5, 5.41) is 2.00. The van der Waals surface area contributed by atoms with Gasteiger partial charge in [-0.25, -0.2) is 0 Å². The molecule has 0 aliphatic carbocycles. The van der Waals surface area contributed by atoms with E-state index < -0.39 is 29.6 Å². The number of rotatable bonds is 9. The summed E-state index contributed by atoms with van der Waals surface area (Å²) in [5.41, 5.74) is 2.21. The molecule has 0 saturated carbocycles. The van der Waals surface area contributed by atoms with E-state index in [4.69, 9.17) is 9.47 Å². The average molecular weight is 478 g/mol. The lowest BCUT2D eigenvalue weighted by atomic mass is 9.84. The lowest BCUT2D eigenvalue weighted by Crippen LogP contribution is -2.32. The second-order valence-corrected chi connectivity index (χ2v) is 9.37. The van der Waals surface area contributed by atoms with Gasteiger partial charge in [0.1, 0.15) is 24.1 Å². The molecule has 1 aliphatic rings. The molecule has 3 aromatic rings. The van der Waals surface area contributed by atoms with Crippen molar-refractivity contribution in [2.45, 2.75) is 19.9 Å². The van der Waals surface area contributed by atoms with Gasteiger partial charge in [-0.1, -0.05) is 50.2 Å². The Kier molecular flexibility index (Phi) is 7.24. The lowest BCUT2D eigenvalue weighted by Gasteiger charge is -2.29. The van der Waals surface area contributed by atoms with Gasteiger partial charge in [0.25, 0.3) is 5.91 Å². The number of nitrogens with zero attached hydrogens (tertiary/aromatic N) is 1. The molecule has 1 fully saturated rings. The first kappa shape index (κ1) is 23.9. The Morgan fingerprint density at radius 2 is 1.74 bits per heavy atom. The van der Waals surface area contributed by atoms with Gasteiger partial charge in [-0.05, 0) is 35.2 Å². The molecule has 0 radical (unpaired) electrons. The molecule has 176 valence electrons. The van der Waals surface area contributed by atoms with Crippen molar-refractivity contribution in [3.8, 4) is 16.2 Å². The second-order valence-electron chi connectivity index (χ2n) is 8.42. The van der Waals surface area contributed by atoms with Crippen LogP contribution in [0.15, 0.2) is 66.0 Å². The maximum absolute atomic E-state index is 13.3. The summed E-state index contributed by atoms with van der Waals surface area (Å²) in [6.45, 7) is 4.19. The molecular formula is C27H27NO5S. The number of para-hydroxylation sites is 1. The molecule has 1 saturated heterocycles. The zero-order valence-corrected chi connectivity index (χ0v) is 20.2. The van der Waals surface area contributed by atoms with Gasteiger partial charge in [0.2, 0.25) is 5.78 Å². The Bertz CT molecular complexity index is 1170. The maximum atomic E-state index is 13.3. The van der Waals surface area contributed by atoms with Gasteiger partial charge in [0.15, 0.2) is 0 Å². The molecule has 4 rings (SSSR count). The normalized spacial score (nSPS) is 18.1. The minimum absolute atomic E-state index is 0.257. The maximum Gasteiger partial charge on any atom is 0.295 e. The summed E-state index contributed by atoms with van der Waals surface area (Å²) in [5.74, 6) is -2.59. The lowest BCUT2D eigenvalue weighted by molar-refractivity contribution is -0.139. The Hall–Kier alpha value is -3.29. The number of hydrogen-bond donors (Lipinski definition) is 0. The minimum Gasteiger partial charge on any atom is -0.491 e. The summed E-state index contributed by atoms with van der Waals surface area (Å²) in [4.78, 5) is 42.2. The largest absolute Gasteiger partial charge is 0.491 e. The Morgan fingerprint density at radius 3 is 2.38 bits per heavy atom. The smallest absolute Gasteiger partial charge is 0.295 e. The van der Waals surface area contributed by atoms with Crippen LogP contribution in [0.3, 0.4) is 0 Å². The van der Waals surface area contributed by atoms with Gasteiger partial charge in [0.05, 0.1) is 12.6 Å². The molecule has 2 atom stereocenters. The highest BCUT2D eigenvalue weighted by molar-refractivity contribution is 7.13. The van der Waals surface area contributed by atoms with Crippen molar-refractivity contribution in [1.82, 2.24) is 0 Å². The fourth-order valence-corrected chi connectivity index (χ4v) is 4.96. The van der Waals surface area contributed by atoms with Crippen LogP contribution in [-0.2, 0) is 19.1 Å². The number of benzene rings is 2. The second kappa shape index (κ2) is 10.3. The number of ketones is 2. The van der Waals surface area contributed by atoms with Crippen LogP contribution in [0.2, 0.25) is 0 Å². The van der Waals surface area contributed by atoms with E-state index in [1.807, 2.05) is 60.0 Å². The highest BCUT2D eigenvalue weighted by Crippen LogP contribution is 2.44. The third-order valence-corrected chi connectivity index (χ3v) is 6.83. The molecule has 7 heteroatoms. The molecule has 0 bridgehead atoms. The van der Waals surface area contributed by atoms with E-state index in [1.165, 1.54) is 4.90 Å². The minimum atomic E-state index is -1.10. The van der Waals surface area contributed by atoms with Crippen molar-refractivity contribution >= 4 is 34.5 Å². The summed E-state index contributed by atoms with van der Waals surface area (Å²) >= 11 is 1.63. The van der Waals surface area contributed by atoms with Crippen LogP contribution in [-0.4, -0.2) is 37.8 Å². The van der Waals surface area contributed by atoms with Crippen molar-refractivity contribution < 1.29 is 23.9 Å². The van der Waals surface area contributed by atoms with Crippen molar-refractivity contribution in [3.05, 3.63) is 71.6 Å². The van der Waals surface area contributed by atoms with Crippen molar-refractivity contribution in [2.24, 2.45) is 11.8 Å². The van der Waals surface area contributed by atoms with E-state index in [2.05, 4.69) is 0 Å². The highest BCUT2D eigenvalue weighted by atomic mass is 32.1. The summed E-state index contributed by atoms with van der Waals surface area (Å²) in [7, 11) is 1.59. The molecule has 1 aromatic heterocycles. The van der Waals surface area contributed by atoms with Crippen LogP contribution in [0.4, 0.5) is 5.69 Å². The first-order chi connectivity index (χ1) is 16.4. The van der Waals surface area contributed by atoms with Crippen molar-refractivity contribution in [2.75, 3.05) is 25.2 Å². The van der Waals surface area contributed by atoms with Crippen LogP contribution in [0.25, 0.3) is 10.4 Å². The van der Waals surface area contributed by atoms with Crippen molar-refractivity contribution in [3.63, 3.8) is 0 Å². The van der Waals surface area contributed by atoms with Gasteiger partial charge >= 0.3 is 0 Å². The number of anilines is 1. The van der Waals surface area contributed by atoms with Crippen LogP contribution in [0.5, 0.6) is 5.75 Å². The van der Waals surface area contributed by atoms with Gasteiger partial charge in [0, 0.05) is 29.2 Å².